The monoisotopic (exact) mass is 438 g/mol. The number of Topliss-reactive ketones (excluding diaryl/α,β-unsaturated/α-hetero) is 1. The van der Waals surface area contributed by atoms with Crippen LogP contribution in [0.4, 0.5) is 10.1 Å². The van der Waals surface area contributed by atoms with Gasteiger partial charge in [0.05, 0.1) is 0 Å². The van der Waals surface area contributed by atoms with Gasteiger partial charge in [-0.3, -0.25) is 9.59 Å². The molecule has 1 amide bonds. The van der Waals surface area contributed by atoms with Crippen molar-refractivity contribution in [2.24, 2.45) is 5.41 Å². The van der Waals surface area contributed by atoms with Crippen LogP contribution in [0.15, 0.2) is 71.1 Å². The Morgan fingerprint density at radius 2 is 1.87 bits per heavy atom. The molecule has 0 bridgehead atoms. The summed E-state index contributed by atoms with van der Waals surface area (Å²) in [5.41, 5.74) is 3.74. The Kier molecular flexibility index (Phi) is 5.48. The number of amides is 1. The van der Waals surface area contributed by atoms with E-state index in [2.05, 4.69) is 24.5 Å². The number of carbonyl (C=O) groups is 2. The molecular weight excluding hydrogens is 415 g/mol. The molecule has 4 rings (SSSR count). The first-order chi connectivity index (χ1) is 14.6. The fourth-order valence-corrected chi connectivity index (χ4v) is 4.69. The molecule has 2 N–H and O–H groups in total. The van der Waals surface area contributed by atoms with Crippen molar-refractivity contribution >= 4 is 29.0 Å². The van der Waals surface area contributed by atoms with Crippen LogP contribution in [0.3, 0.4) is 0 Å². The molecule has 0 saturated carbocycles. The SMILES string of the molecule is CC1=C(C(=O)Nc2ccc(F)cc2)[C@@H](c2cccc(Cl)c2)C2=C(CC(C)(C)CC2=O)N1. The van der Waals surface area contributed by atoms with Crippen molar-refractivity contribution < 1.29 is 14.0 Å². The molecular formula is C25H24ClFN2O2. The van der Waals surface area contributed by atoms with E-state index in [-0.39, 0.29) is 22.9 Å². The lowest BCUT2D eigenvalue weighted by Gasteiger charge is -2.39. The lowest BCUT2D eigenvalue weighted by atomic mass is 9.68. The molecule has 1 heterocycles. The van der Waals surface area contributed by atoms with E-state index in [1.165, 1.54) is 24.3 Å². The predicted octanol–water partition coefficient (Wildman–Crippen LogP) is 5.72. The highest BCUT2D eigenvalue weighted by Crippen LogP contribution is 2.47. The number of nitrogens with one attached hydrogen (secondary N) is 2. The molecule has 0 radical (unpaired) electrons. The largest absolute Gasteiger partial charge is 0.362 e. The van der Waals surface area contributed by atoms with E-state index in [4.69, 9.17) is 11.6 Å². The Labute approximate surface area is 186 Å². The van der Waals surface area contributed by atoms with Crippen LogP contribution in [0.1, 0.15) is 45.1 Å². The van der Waals surface area contributed by atoms with Crippen molar-refractivity contribution in [3.05, 3.63) is 87.5 Å². The van der Waals surface area contributed by atoms with E-state index in [0.29, 0.717) is 34.0 Å². The average Bonchev–Trinajstić information content (AvgIpc) is 2.67. The summed E-state index contributed by atoms with van der Waals surface area (Å²) in [7, 11) is 0. The Balaban J connectivity index is 1.80. The van der Waals surface area contributed by atoms with Gasteiger partial charge in [0.1, 0.15) is 5.82 Å². The predicted molar refractivity (Wildman–Crippen MR) is 120 cm³/mol. The highest BCUT2D eigenvalue weighted by molar-refractivity contribution is 6.30. The lowest BCUT2D eigenvalue weighted by Crippen LogP contribution is -2.39. The summed E-state index contributed by atoms with van der Waals surface area (Å²) in [6, 6.07) is 12.9. The topological polar surface area (TPSA) is 58.2 Å². The number of ketones is 1. The molecule has 1 aliphatic heterocycles. The Morgan fingerprint density at radius 1 is 1.16 bits per heavy atom. The summed E-state index contributed by atoms with van der Waals surface area (Å²) in [5, 5.41) is 6.71. The van der Waals surface area contributed by atoms with Crippen molar-refractivity contribution in [3.63, 3.8) is 0 Å². The fourth-order valence-electron chi connectivity index (χ4n) is 4.49. The maximum atomic E-state index is 13.4. The van der Waals surface area contributed by atoms with Crippen molar-refractivity contribution in [2.75, 3.05) is 5.32 Å². The molecule has 4 nitrogen and oxygen atoms in total. The third kappa shape index (κ3) is 4.28. The third-order valence-corrected chi connectivity index (χ3v) is 6.00. The van der Waals surface area contributed by atoms with Crippen LogP contribution in [-0.4, -0.2) is 11.7 Å². The quantitative estimate of drug-likeness (QED) is 0.644. The summed E-state index contributed by atoms with van der Waals surface area (Å²) in [4.78, 5) is 26.6. The van der Waals surface area contributed by atoms with Gasteiger partial charge in [-0.2, -0.15) is 0 Å². The third-order valence-electron chi connectivity index (χ3n) is 5.77. The van der Waals surface area contributed by atoms with Gasteiger partial charge in [0.15, 0.2) is 5.78 Å². The molecule has 31 heavy (non-hydrogen) atoms. The van der Waals surface area contributed by atoms with Crippen LogP contribution >= 0.6 is 11.6 Å². The number of halogens is 2. The van der Waals surface area contributed by atoms with Crippen molar-refractivity contribution in [1.29, 1.82) is 0 Å². The molecule has 2 aromatic rings. The number of hydrogen-bond donors (Lipinski definition) is 2. The maximum Gasteiger partial charge on any atom is 0.254 e. The second kappa shape index (κ2) is 7.97. The molecule has 0 unspecified atom stereocenters. The van der Waals surface area contributed by atoms with E-state index in [1.807, 2.05) is 19.1 Å². The highest BCUT2D eigenvalue weighted by Gasteiger charge is 2.42. The van der Waals surface area contributed by atoms with E-state index in [9.17, 15) is 14.0 Å². The fraction of sp³-hybridized carbons (Fsp3) is 0.280. The number of dihydropyridines is 1. The number of hydrogen-bond acceptors (Lipinski definition) is 3. The van der Waals surface area contributed by atoms with Crippen LogP contribution in [0.25, 0.3) is 0 Å². The number of rotatable bonds is 3. The van der Waals surface area contributed by atoms with Gasteiger partial charge < -0.3 is 10.6 Å². The molecule has 1 atom stereocenters. The maximum absolute atomic E-state index is 13.4. The van der Waals surface area contributed by atoms with Gasteiger partial charge in [0.2, 0.25) is 0 Å². The first-order valence-electron chi connectivity index (χ1n) is 10.2. The molecule has 0 fully saturated rings. The minimum Gasteiger partial charge on any atom is -0.362 e. The smallest absolute Gasteiger partial charge is 0.254 e. The van der Waals surface area contributed by atoms with E-state index >= 15 is 0 Å². The van der Waals surface area contributed by atoms with E-state index in [1.54, 1.807) is 12.1 Å². The van der Waals surface area contributed by atoms with Crippen molar-refractivity contribution in [3.8, 4) is 0 Å². The summed E-state index contributed by atoms with van der Waals surface area (Å²) in [6.45, 7) is 5.98. The summed E-state index contributed by atoms with van der Waals surface area (Å²) in [6.07, 6.45) is 1.13. The summed E-state index contributed by atoms with van der Waals surface area (Å²) < 4.78 is 13.3. The zero-order valence-corrected chi connectivity index (χ0v) is 18.4. The zero-order valence-electron chi connectivity index (χ0n) is 17.7. The van der Waals surface area contributed by atoms with Gasteiger partial charge in [0.25, 0.3) is 5.91 Å². The van der Waals surface area contributed by atoms with Crippen LogP contribution in [-0.2, 0) is 9.59 Å². The van der Waals surface area contributed by atoms with Crippen LogP contribution < -0.4 is 10.6 Å². The molecule has 0 aromatic heterocycles. The van der Waals surface area contributed by atoms with Crippen LogP contribution in [0.5, 0.6) is 0 Å². The second-order valence-electron chi connectivity index (χ2n) is 8.95. The van der Waals surface area contributed by atoms with Gasteiger partial charge >= 0.3 is 0 Å². The minimum atomic E-state index is -0.529. The minimum absolute atomic E-state index is 0.0308. The first-order valence-corrected chi connectivity index (χ1v) is 10.6. The van der Waals surface area contributed by atoms with Gasteiger partial charge in [-0.15, -0.1) is 0 Å². The van der Waals surface area contributed by atoms with E-state index < -0.39 is 5.92 Å². The van der Waals surface area contributed by atoms with Gasteiger partial charge in [-0.1, -0.05) is 37.6 Å². The summed E-state index contributed by atoms with van der Waals surface area (Å²) in [5.74, 6) is -1.22. The van der Waals surface area contributed by atoms with Crippen LogP contribution in [0.2, 0.25) is 5.02 Å². The standard InChI is InChI=1S/C25H24ClFN2O2/c1-14-21(24(31)29-18-9-7-17(27)8-10-18)22(15-5-4-6-16(26)11-15)23-19(28-14)12-25(2,3)13-20(23)30/h4-11,22,28H,12-13H2,1-3H3,(H,29,31)/t22-/m1/s1. The lowest BCUT2D eigenvalue weighted by molar-refractivity contribution is -0.118. The number of anilines is 1. The van der Waals surface area contributed by atoms with Crippen molar-refractivity contribution in [1.82, 2.24) is 5.32 Å². The van der Waals surface area contributed by atoms with Gasteiger partial charge in [-0.05, 0) is 60.7 Å². The average molecular weight is 439 g/mol. The number of allylic oxidation sites excluding steroid dienone is 3. The number of carbonyl (C=O) groups excluding carboxylic acids is 2. The Bertz CT molecular complexity index is 1130. The zero-order chi connectivity index (χ0) is 22.3. The Morgan fingerprint density at radius 3 is 2.55 bits per heavy atom. The second-order valence-corrected chi connectivity index (χ2v) is 9.38. The molecule has 2 aromatic carbocycles. The van der Waals surface area contributed by atoms with Crippen molar-refractivity contribution in [2.45, 2.75) is 39.5 Å². The van der Waals surface area contributed by atoms with Gasteiger partial charge in [-0.25, -0.2) is 4.39 Å². The first kappa shape index (κ1) is 21.3. The Hall–Kier alpha value is -2.92. The number of benzene rings is 2. The molecule has 0 saturated heterocycles. The summed E-state index contributed by atoms with van der Waals surface area (Å²) >= 11 is 6.26. The molecule has 0 spiro atoms. The molecule has 1 aliphatic carbocycles. The highest BCUT2D eigenvalue weighted by atomic mass is 35.5. The molecule has 160 valence electrons. The molecule has 6 heteroatoms. The van der Waals surface area contributed by atoms with Gasteiger partial charge in [0, 0.05) is 45.6 Å². The van der Waals surface area contributed by atoms with E-state index in [0.717, 1.165) is 17.7 Å². The molecule has 2 aliphatic rings. The normalized spacial score (nSPS) is 20.3. The van der Waals surface area contributed by atoms with Crippen LogP contribution in [0, 0.1) is 11.2 Å².